The van der Waals surface area contributed by atoms with Crippen LogP contribution in [-0.4, -0.2) is 72.1 Å². The molecule has 4 atom stereocenters. The number of anilines is 2. The standard InChI is InChI=1S/C20H25N5O4S/c1-3-24(12-8-6-5-7-9-12)17-14-18(23-20(22-17)30-4-2)25(11-21-14)19-16(28)15(27)13(10-26)29-19/h5-9,11,13,15-16,19,26-28H,3-4,10H2,1-2H3/t13-,15-,16-,19-/m1/s1. The summed E-state index contributed by atoms with van der Waals surface area (Å²) < 4.78 is 7.29. The van der Waals surface area contributed by atoms with Gasteiger partial charge in [0.15, 0.2) is 28.4 Å². The Hall–Kier alpha value is -2.24. The van der Waals surface area contributed by atoms with Crippen LogP contribution < -0.4 is 4.90 Å². The smallest absolute Gasteiger partial charge is 0.191 e. The highest BCUT2D eigenvalue weighted by atomic mass is 32.2. The number of nitrogens with zero attached hydrogens (tertiary/aromatic N) is 5. The molecule has 3 aromatic rings. The molecular weight excluding hydrogens is 406 g/mol. The van der Waals surface area contributed by atoms with Crippen molar-refractivity contribution in [1.82, 2.24) is 19.5 Å². The number of thioether (sulfide) groups is 1. The third kappa shape index (κ3) is 3.65. The van der Waals surface area contributed by atoms with Gasteiger partial charge in [0.2, 0.25) is 0 Å². The molecule has 1 aliphatic rings. The van der Waals surface area contributed by atoms with Crippen LogP contribution in [0.1, 0.15) is 20.1 Å². The van der Waals surface area contributed by atoms with E-state index in [9.17, 15) is 15.3 Å². The van der Waals surface area contributed by atoms with Crippen LogP contribution in [0.15, 0.2) is 41.8 Å². The summed E-state index contributed by atoms with van der Waals surface area (Å²) in [6.45, 7) is 4.34. The molecule has 0 amide bonds. The molecule has 4 rings (SSSR count). The van der Waals surface area contributed by atoms with Crippen molar-refractivity contribution in [3.63, 3.8) is 0 Å². The maximum atomic E-state index is 10.5. The van der Waals surface area contributed by atoms with Crippen LogP contribution in [0.3, 0.4) is 0 Å². The number of benzene rings is 1. The van der Waals surface area contributed by atoms with Crippen LogP contribution in [0.4, 0.5) is 11.5 Å². The number of rotatable bonds is 7. The molecule has 0 unspecified atom stereocenters. The number of hydrogen-bond donors (Lipinski definition) is 3. The van der Waals surface area contributed by atoms with Gasteiger partial charge in [-0.15, -0.1) is 0 Å². The number of aliphatic hydroxyl groups is 3. The van der Waals surface area contributed by atoms with Crippen molar-refractivity contribution >= 4 is 34.4 Å². The quantitative estimate of drug-likeness (QED) is 0.380. The highest BCUT2D eigenvalue weighted by molar-refractivity contribution is 7.99. The summed E-state index contributed by atoms with van der Waals surface area (Å²) in [7, 11) is 0. The van der Waals surface area contributed by atoms with Crippen molar-refractivity contribution in [2.45, 2.75) is 43.5 Å². The van der Waals surface area contributed by atoms with Crippen molar-refractivity contribution in [1.29, 1.82) is 0 Å². The van der Waals surface area contributed by atoms with Crippen LogP contribution in [0.2, 0.25) is 0 Å². The van der Waals surface area contributed by atoms with Gasteiger partial charge in [0, 0.05) is 12.2 Å². The summed E-state index contributed by atoms with van der Waals surface area (Å²) in [5, 5.41) is 30.6. The Morgan fingerprint density at radius 1 is 1.13 bits per heavy atom. The fourth-order valence-corrected chi connectivity index (χ4v) is 4.18. The van der Waals surface area contributed by atoms with Gasteiger partial charge in [0.1, 0.15) is 18.3 Å². The molecule has 160 valence electrons. The van der Waals surface area contributed by atoms with Crippen LogP contribution in [-0.2, 0) is 4.74 Å². The van der Waals surface area contributed by atoms with Crippen molar-refractivity contribution in [2.24, 2.45) is 0 Å². The topological polar surface area (TPSA) is 117 Å². The minimum atomic E-state index is -1.21. The average Bonchev–Trinajstić information content (AvgIpc) is 3.30. The Bertz CT molecular complexity index is 1000. The van der Waals surface area contributed by atoms with E-state index < -0.39 is 31.1 Å². The number of aromatic nitrogens is 4. The number of aliphatic hydroxyl groups excluding tert-OH is 3. The van der Waals surface area contributed by atoms with Gasteiger partial charge in [-0.2, -0.15) is 0 Å². The van der Waals surface area contributed by atoms with Gasteiger partial charge >= 0.3 is 0 Å². The molecule has 1 aromatic carbocycles. The average molecular weight is 432 g/mol. The monoisotopic (exact) mass is 431 g/mol. The van der Waals surface area contributed by atoms with E-state index in [1.165, 1.54) is 18.1 Å². The molecule has 0 spiro atoms. The molecule has 0 saturated carbocycles. The predicted octanol–water partition coefficient (Wildman–Crippen LogP) is 1.71. The van der Waals surface area contributed by atoms with E-state index in [0.717, 1.165) is 11.4 Å². The minimum Gasteiger partial charge on any atom is -0.394 e. The first kappa shape index (κ1) is 21.0. The molecule has 0 bridgehead atoms. The molecule has 3 heterocycles. The molecule has 1 aliphatic heterocycles. The third-order valence-corrected chi connectivity index (χ3v) is 5.82. The first-order valence-electron chi connectivity index (χ1n) is 9.91. The molecule has 30 heavy (non-hydrogen) atoms. The SMILES string of the molecule is CCSc1nc(N(CC)c2ccccc2)c2ncn([C@@H]3O[C@H](CO)[C@@H](O)[C@H]3O)c2n1. The Labute approximate surface area is 178 Å². The number of hydrogen-bond acceptors (Lipinski definition) is 9. The minimum absolute atomic E-state index is 0.393. The normalized spacial score (nSPS) is 23.9. The molecule has 9 nitrogen and oxygen atoms in total. The van der Waals surface area contributed by atoms with Crippen molar-refractivity contribution < 1.29 is 20.1 Å². The Morgan fingerprint density at radius 2 is 1.90 bits per heavy atom. The lowest BCUT2D eigenvalue weighted by Gasteiger charge is -2.23. The lowest BCUT2D eigenvalue weighted by Crippen LogP contribution is -2.33. The van der Waals surface area contributed by atoms with Gasteiger partial charge in [-0.25, -0.2) is 15.0 Å². The van der Waals surface area contributed by atoms with Crippen molar-refractivity contribution in [3.05, 3.63) is 36.7 Å². The van der Waals surface area contributed by atoms with Gasteiger partial charge in [-0.05, 0) is 24.8 Å². The van der Waals surface area contributed by atoms with Gasteiger partial charge in [0.05, 0.1) is 12.9 Å². The lowest BCUT2D eigenvalue weighted by molar-refractivity contribution is -0.0511. The largest absolute Gasteiger partial charge is 0.394 e. The number of imidazole rings is 1. The van der Waals surface area contributed by atoms with Crippen LogP contribution in [0.25, 0.3) is 11.2 Å². The van der Waals surface area contributed by atoms with E-state index in [4.69, 9.17) is 9.72 Å². The summed E-state index contributed by atoms with van der Waals surface area (Å²) >= 11 is 1.51. The maximum absolute atomic E-state index is 10.5. The fourth-order valence-electron chi connectivity index (χ4n) is 3.62. The first-order valence-corrected chi connectivity index (χ1v) is 10.9. The predicted molar refractivity (Wildman–Crippen MR) is 114 cm³/mol. The van der Waals surface area contributed by atoms with E-state index in [1.807, 2.05) is 44.2 Å². The van der Waals surface area contributed by atoms with Gasteiger partial charge < -0.3 is 25.0 Å². The van der Waals surface area contributed by atoms with Gasteiger partial charge in [0.25, 0.3) is 0 Å². The van der Waals surface area contributed by atoms with Crippen molar-refractivity contribution in [3.8, 4) is 0 Å². The maximum Gasteiger partial charge on any atom is 0.191 e. The van der Waals surface area contributed by atoms with E-state index in [-0.39, 0.29) is 0 Å². The highest BCUT2D eigenvalue weighted by Crippen LogP contribution is 2.35. The molecular formula is C20H25N5O4S. The molecule has 3 N–H and O–H groups in total. The number of fused-ring (bicyclic) bond motifs is 1. The Morgan fingerprint density at radius 3 is 2.53 bits per heavy atom. The zero-order valence-corrected chi connectivity index (χ0v) is 17.6. The number of ether oxygens (including phenoxy) is 1. The summed E-state index contributed by atoms with van der Waals surface area (Å²) in [6.07, 6.45) is -2.65. The van der Waals surface area contributed by atoms with Crippen LogP contribution in [0, 0.1) is 0 Å². The zero-order chi connectivity index (χ0) is 21.3. The second-order valence-corrected chi connectivity index (χ2v) is 8.13. The summed E-state index contributed by atoms with van der Waals surface area (Å²) in [5.74, 6) is 1.46. The molecule has 0 aliphatic carbocycles. The second kappa shape index (κ2) is 8.86. The molecule has 1 saturated heterocycles. The van der Waals surface area contributed by atoms with Crippen molar-refractivity contribution in [2.75, 3.05) is 23.8 Å². The highest BCUT2D eigenvalue weighted by Gasteiger charge is 2.44. The molecule has 1 fully saturated rings. The lowest BCUT2D eigenvalue weighted by atomic mass is 10.1. The summed E-state index contributed by atoms with van der Waals surface area (Å²) in [5.41, 5.74) is 2.05. The molecule has 10 heteroatoms. The van der Waals surface area contributed by atoms with Gasteiger partial charge in [-0.3, -0.25) is 4.57 Å². The zero-order valence-electron chi connectivity index (χ0n) is 16.8. The molecule has 2 aromatic heterocycles. The van der Waals surface area contributed by atoms with Gasteiger partial charge in [-0.1, -0.05) is 36.9 Å². The van der Waals surface area contributed by atoms with E-state index in [0.29, 0.717) is 28.7 Å². The first-order chi connectivity index (χ1) is 14.6. The number of para-hydroxylation sites is 1. The fraction of sp³-hybridized carbons (Fsp3) is 0.450. The van der Waals surface area contributed by atoms with E-state index in [2.05, 4.69) is 14.9 Å². The summed E-state index contributed by atoms with van der Waals surface area (Å²) in [4.78, 5) is 16.0. The Balaban J connectivity index is 1.84. The Kier molecular flexibility index (Phi) is 6.21. The second-order valence-electron chi connectivity index (χ2n) is 6.90. The molecule has 0 radical (unpaired) electrons. The van der Waals surface area contributed by atoms with Crippen LogP contribution in [0.5, 0.6) is 0 Å². The third-order valence-electron chi connectivity index (χ3n) is 5.09. The van der Waals surface area contributed by atoms with E-state index in [1.54, 1.807) is 4.57 Å². The summed E-state index contributed by atoms with van der Waals surface area (Å²) in [6, 6.07) is 9.91. The van der Waals surface area contributed by atoms with Crippen LogP contribution >= 0.6 is 11.8 Å². The van der Waals surface area contributed by atoms with E-state index >= 15 is 0 Å².